The van der Waals surface area contributed by atoms with E-state index in [4.69, 9.17) is 4.74 Å². The molecule has 6 nitrogen and oxygen atoms in total. The Morgan fingerprint density at radius 1 is 1.07 bits per heavy atom. The fourth-order valence-electron chi connectivity index (χ4n) is 2.93. The fraction of sp³-hybridized carbons (Fsp3) is 0.0909. The van der Waals surface area contributed by atoms with Crippen molar-refractivity contribution in [2.45, 2.75) is 13.8 Å². The second kappa shape index (κ2) is 7.08. The van der Waals surface area contributed by atoms with Crippen LogP contribution < -0.4 is 0 Å². The number of aromatic nitrogens is 2. The molecule has 28 heavy (non-hydrogen) atoms. The lowest BCUT2D eigenvalue weighted by molar-refractivity contribution is -0.129. The third-order valence-corrected chi connectivity index (χ3v) is 4.29. The highest BCUT2D eigenvalue weighted by molar-refractivity contribution is 6.13. The van der Waals surface area contributed by atoms with Crippen LogP contribution >= 0.6 is 0 Å². The first kappa shape index (κ1) is 17.6. The lowest BCUT2D eigenvalue weighted by Crippen LogP contribution is -2.05. The summed E-state index contributed by atoms with van der Waals surface area (Å²) in [6, 6.07) is 17.0. The molecular formula is C22H17N3O3. The lowest BCUT2D eigenvalue weighted by atomic mass is 10.1. The summed E-state index contributed by atoms with van der Waals surface area (Å²) in [7, 11) is 0. The minimum absolute atomic E-state index is 0.164. The number of ether oxygens (including phenoxy) is 1. The number of hydrogen-bond donors (Lipinski definition) is 0. The van der Waals surface area contributed by atoms with Crippen molar-refractivity contribution in [1.82, 2.24) is 9.78 Å². The molecule has 0 aliphatic carbocycles. The van der Waals surface area contributed by atoms with Gasteiger partial charge in [0.15, 0.2) is 5.70 Å². The smallest absolute Gasteiger partial charge is 0.363 e. The fourth-order valence-corrected chi connectivity index (χ4v) is 2.93. The highest BCUT2D eigenvalue weighted by Gasteiger charge is 2.25. The molecule has 0 unspecified atom stereocenters. The van der Waals surface area contributed by atoms with Gasteiger partial charge in [0.2, 0.25) is 11.8 Å². The Labute approximate surface area is 161 Å². The Hall–Kier alpha value is -3.80. The largest absolute Gasteiger partial charge is 0.402 e. The quantitative estimate of drug-likeness (QED) is 0.518. The maximum absolute atomic E-state index is 12.3. The number of nitrogens with zero attached hydrogens (tertiary/aromatic N) is 3. The van der Waals surface area contributed by atoms with Gasteiger partial charge in [-0.25, -0.2) is 14.5 Å². The van der Waals surface area contributed by atoms with Crippen molar-refractivity contribution in [3.05, 3.63) is 83.2 Å². The van der Waals surface area contributed by atoms with Gasteiger partial charge in [0.1, 0.15) is 5.69 Å². The molecule has 0 saturated carbocycles. The van der Waals surface area contributed by atoms with Gasteiger partial charge in [0, 0.05) is 29.8 Å². The standard InChI is InChI=1S/C22H17N3O3/c1-14-7-6-10-17(11-14)21-23-19(22(27)28-21)12-18-13-25(15(2)26)24-20(18)16-8-4-3-5-9-16/h3-13H,1-2H3/b19-12-. The highest BCUT2D eigenvalue weighted by atomic mass is 16.6. The Balaban J connectivity index is 1.78. The van der Waals surface area contributed by atoms with E-state index >= 15 is 0 Å². The van der Waals surface area contributed by atoms with Gasteiger partial charge in [0.25, 0.3) is 0 Å². The van der Waals surface area contributed by atoms with Gasteiger partial charge < -0.3 is 4.74 Å². The van der Waals surface area contributed by atoms with E-state index < -0.39 is 5.97 Å². The number of aryl methyl sites for hydroxylation is 1. The SMILES string of the molecule is CC(=O)n1cc(/C=C2\N=C(c3cccc(C)c3)OC2=O)c(-c2ccccc2)n1. The van der Waals surface area contributed by atoms with Crippen molar-refractivity contribution in [1.29, 1.82) is 0 Å². The molecule has 2 heterocycles. The molecule has 0 spiro atoms. The molecule has 0 N–H and O–H groups in total. The van der Waals surface area contributed by atoms with Gasteiger partial charge in [-0.15, -0.1) is 0 Å². The normalized spacial score (nSPS) is 14.9. The molecule has 1 aliphatic heterocycles. The first-order valence-corrected chi connectivity index (χ1v) is 8.77. The van der Waals surface area contributed by atoms with Crippen molar-refractivity contribution >= 4 is 23.9 Å². The van der Waals surface area contributed by atoms with E-state index in [0.717, 1.165) is 16.7 Å². The number of rotatable bonds is 3. The minimum atomic E-state index is -0.536. The zero-order valence-electron chi connectivity index (χ0n) is 15.4. The summed E-state index contributed by atoms with van der Waals surface area (Å²) in [6.45, 7) is 3.39. The van der Waals surface area contributed by atoms with Crippen LogP contribution in [0.15, 0.2) is 71.5 Å². The van der Waals surface area contributed by atoms with Crippen LogP contribution in [0.3, 0.4) is 0 Å². The van der Waals surface area contributed by atoms with Crippen LogP contribution in [0.4, 0.5) is 0 Å². The number of esters is 1. The van der Waals surface area contributed by atoms with Crippen LogP contribution in [-0.2, 0) is 9.53 Å². The molecule has 1 aliphatic rings. The van der Waals surface area contributed by atoms with E-state index in [9.17, 15) is 9.59 Å². The Morgan fingerprint density at radius 3 is 2.54 bits per heavy atom. The molecule has 1 aromatic heterocycles. The maximum Gasteiger partial charge on any atom is 0.363 e. The van der Waals surface area contributed by atoms with Gasteiger partial charge in [0.05, 0.1) is 0 Å². The Kier molecular flexibility index (Phi) is 4.45. The second-order valence-electron chi connectivity index (χ2n) is 6.47. The number of benzene rings is 2. The summed E-state index contributed by atoms with van der Waals surface area (Å²) in [4.78, 5) is 28.5. The van der Waals surface area contributed by atoms with Crippen LogP contribution in [-0.4, -0.2) is 27.6 Å². The van der Waals surface area contributed by atoms with Crippen LogP contribution in [0.25, 0.3) is 17.3 Å². The van der Waals surface area contributed by atoms with E-state index in [2.05, 4.69) is 10.1 Å². The minimum Gasteiger partial charge on any atom is -0.402 e. The van der Waals surface area contributed by atoms with Gasteiger partial charge in [-0.05, 0) is 25.1 Å². The molecule has 138 valence electrons. The number of carbonyl (C=O) groups is 2. The Bertz CT molecular complexity index is 1140. The number of cyclic esters (lactones) is 1. The van der Waals surface area contributed by atoms with Crippen LogP contribution in [0, 0.1) is 6.92 Å². The van der Waals surface area contributed by atoms with Crippen LogP contribution in [0.2, 0.25) is 0 Å². The second-order valence-corrected chi connectivity index (χ2v) is 6.47. The topological polar surface area (TPSA) is 73.6 Å². The molecule has 0 saturated heterocycles. The molecular weight excluding hydrogens is 354 g/mol. The average Bonchev–Trinajstić information content (AvgIpc) is 3.27. The summed E-state index contributed by atoms with van der Waals surface area (Å²) < 4.78 is 6.59. The molecule has 0 radical (unpaired) electrons. The summed E-state index contributed by atoms with van der Waals surface area (Å²) in [5.74, 6) is -0.494. The average molecular weight is 371 g/mol. The zero-order chi connectivity index (χ0) is 19.7. The lowest BCUT2D eigenvalue weighted by Gasteiger charge is -1.99. The first-order chi connectivity index (χ1) is 13.5. The monoisotopic (exact) mass is 371 g/mol. The molecule has 6 heteroatoms. The molecule has 0 amide bonds. The van der Waals surface area contributed by atoms with E-state index in [0.29, 0.717) is 11.3 Å². The summed E-state index contributed by atoms with van der Waals surface area (Å²) >= 11 is 0. The van der Waals surface area contributed by atoms with Crippen molar-refractivity contribution in [3.8, 4) is 11.3 Å². The number of hydrogen-bond acceptors (Lipinski definition) is 5. The highest BCUT2D eigenvalue weighted by Crippen LogP contribution is 2.26. The van der Waals surface area contributed by atoms with E-state index in [1.54, 1.807) is 12.3 Å². The van der Waals surface area contributed by atoms with Gasteiger partial charge in [-0.3, -0.25) is 4.79 Å². The van der Waals surface area contributed by atoms with Crippen molar-refractivity contribution in [2.75, 3.05) is 0 Å². The molecule has 0 atom stereocenters. The van der Waals surface area contributed by atoms with Crippen LogP contribution in [0.5, 0.6) is 0 Å². The zero-order valence-corrected chi connectivity index (χ0v) is 15.4. The summed E-state index contributed by atoms with van der Waals surface area (Å²) in [5.41, 5.74) is 3.99. The first-order valence-electron chi connectivity index (χ1n) is 8.77. The molecule has 4 rings (SSSR count). The van der Waals surface area contributed by atoms with Crippen LogP contribution in [0.1, 0.15) is 28.4 Å². The third-order valence-electron chi connectivity index (χ3n) is 4.29. The van der Waals surface area contributed by atoms with Crippen molar-refractivity contribution in [3.63, 3.8) is 0 Å². The number of carbonyl (C=O) groups excluding carboxylic acids is 2. The van der Waals surface area contributed by atoms with Crippen molar-refractivity contribution in [2.24, 2.45) is 4.99 Å². The van der Waals surface area contributed by atoms with Gasteiger partial charge in [-0.2, -0.15) is 5.10 Å². The predicted octanol–water partition coefficient (Wildman–Crippen LogP) is 3.86. The van der Waals surface area contributed by atoms with E-state index in [-0.39, 0.29) is 17.5 Å². The van der Waals surface area contributed by atoms with E-state index in [1.165, 1.54) is 11.6 Å². The third kappa shape index (κ3) is 3.40. The van der Waals surface area contributed by atoms with Crippen molar-refractivity contribution < 1.29 is 14.3 Å². The van der Waals surface area contributed by atoms with E-state index in [1.807, 2.05) is 61.5 Å². The Morgan fingerprint density at radius 2 is 1.82 bits per heavy atom. The molecule has 2 aromatic carbocycles. The molecule has 0 fully saturated rings. The predicted molar refractivity (Wildman–Crippen MR) is 106 cm³/mol. The number of aliphatic imine (C=N–C) groups is 1. The maximum atomic E-state index is 12.3. The molecule has 3 aromatic rings. The summed E-state index contributed by atoms with van der Waals surface area (Å²) in [5, 5.41) is 4.36. The molecule has 0 bridgehead atoms. The van der Waals surface area contributed by atoms with Gasteiger partial charge >= 0.3 is 5.97 Å². The van der Waals surface area contributed by atoms with Gasteiger partial charge in [-0.1, -0.05) is 48.0 Å². The summed E-state index contributed by atoms with van der Waals surface area (Å²) in [6.07, 6.45) is 3.19.